The molecule has 1 aliphatic rings. The number of hydrogen-bond donors (Lipinski definition) is 3. The van der Waals surface area contributed by atoms with Crippen molar-refractivity contribution in [1.29, 1.82) is 0 Å². The van der Waals surface area contributed by atoms with Crippen LogP contribution in [0.3, 0.4) is 0 Å². The SMILES string of the molecule is CCC(CO)(CO)CO.CCOc1ccc(C2CC(=O)CC(=O)C2)cc1OCC. The Bertz CT molecular complexity index is 619. The van der Waals surface area contributed by atoms with Crippen LogP contribution in [0, 0.1) is 5.41 Å². The van der Waals surface area contributed by atoms with Crippen LogP contribution in [0.1, 0.15) is 57.9 Å². The third-order valence-electron chi connectivity index (χ3n) is 5.14. The van der Waals surface area contributed by atoms with Crippen molar-refractivity contribution >= 4 is 11.6 Å². The molecule has 0 aromatic heterocycles. The number of benzene rings is 1. The fourth-order valence-electron chi connectivity index (χ4n) is 3.03. The molecule has 29 heavy (non-hydrogen) atoms. The largest absolute Gasteiger partial charge is 0.490 e. The summed E-state index contributed by atoms with van der Waals surface area (Å²) in [5.41, 5.74) is 0.304. The van der Waals surface area contributed by atoms with Gasteiger partial charge in [0.1, 0.15) is 11.6 Å². The fourth-order valence-corrected chi connectivity index (χ4v) is 3.03. The van der Waals surface area contributed by atoms with Gasteiger partial charge in [0.15, 0.2) is 11.5 Å². The number of aliphatic hydroxyl groups is 3. The molecule has 2 rings (SSSR count). The summed E-state index contributed by atoms with van der Waals surface area (Å²) >= 11 is 0. The van der Waals surface area contributed by atoms with Crippen LogP contribution in [0.25, 0.3) is 0 Å². The molecule has 0 unspecified atom stereocenters. The first-order chi connectivity index (χ1) is 13.9. The van der Waals surface area contributed by atoms with Crippen molar-refractivity contribution in [3.05, 3.63) is 23.8 Å². The van der Waals surface area contributed by atoms with Crippen molar-refractivity contribution in [2.75, 3.05) is 33.0 Å². The maximum Gasteiger partial charge on any atom is 0.161 e. The number of carbonyl (C=O) groups excluding carboxylic acids is 2. The average Bonchev–Trinajstić information content (AvgIpc) is 2.72. The zero-order valence-corrected chi connectivity index (χ0v) is 17.6. The summed E-state index contributed by atoms with van der Waals surface area (Å²) in [5, 5.41) is 26.0. The molecule has 0 spiro atoms. The smallest absolute Gasteiger partial charge is 0.161 e. The number of Topliss-reactive ketones (excluding diaryl/α,β-unsaturated/α-hetero) is 2. The maximum atomic E-state index is 11.6. The summed E-state index contributed by atoms with van der Waals surface area (Å²) < 4.78 is 11.1. The number of aliphatic hydroxyl groups excluding tert-OH is 3. The fraction of sp³-hybridized carbons (Fsp3) is 0.636. The van der Waals surface area contributed by atoms with Gasteiger partial charge in [-0.2, -0.15) is 0 Å². The molecule has 0 aliphatic heterocycles. The van der Waals surface area contributed by atoms with E-state index in [1.54, 1.807) is 0 Å². The first kappa shape index (κ1) is 25.1. The normalized spacial score (nSPS) is 15.0. The third kappa shape index (κ3) is 7.42. The summed E-state index contributed by atoms with van der Waals surface area (Å²) in [6.45, 7) is 6.30. The standard InChI is InChI=1S/C16H20O4.C6H14O3/c1-3-19-15-6-5-11(9-16(15)20-4-2)12-7-13(17)10-14(18)8-12;1-2-6(3-7,4-8)5-9/h5-6,9,12H,3-4,7-8,10H2,1-2H3;7-9H,2-5H2,1H3. The second kappa shape index (κ2) is 12.6. The van der Waals surface area contributed by atoms with Crippen LogP contribution in [0.15, 0.2) is 18.2 Å². The molecule has 1 aliphatic carbocycles. The molecular weight excluding hydrogens is 376 g/mol. The van der Waals surface area contributed by atoms with Crippen molar-refractivity contribution < 1.29 is 34.4 Å². The number of ether oxygens (including phenoxy) is 2. The van der Waals surface area contributed by atoms with Gasteiger partial charge < -0.3 is 24.8 Å². The Hall–Kier alpha value is -1.96. The van der Waals surface area contributed by atoms with Crippen LogP contribution in [0.4, 0.5) is 0 Å². The van der Waals surface area contributed by atoms with Crippen molar-refractivity contribution in [3.63, 3.8) is 0 Å². The summed E-state index contributed by atoms with van der Waals surface area (Å²) in [5.74, 6) is 1.40. The van der Waals surface area contributed by atoms with E-state index in [-0.39, 0.29) is 43.7 Å². The first-order valence-electron chi connectivity index (χ1n) is 10.1. The number of ketones is 2. The second-order valence-corrected chi connectivity index (χ2v) is 7.26. The van der Waals surface area contributed by atoms with Gasteiger partial charge in [-0.25, -0.2) is 0 Å². The lowest BCUT2D eigenvalue weighted by Crippen LogP contribution is -2.32. The molecular formula is C22H34O7. The Morgan fingerprint density at radius 2 is 1.41 bits per heavy atom. The highest BCUT2D eigenvalue weighted by Crippen LogP contribution is 2.35. The molecule has 1 fully saturated rings. The average molecular weight is 411 g/mol. The minimum absolute atomic E-state index is 0.0260. The predicted molar refractivity (Wildman–Crippen MR) is 109 cm³/mol. The quantitative estimate of drug-likeness (QED) is 0.535. The van der Waals surface area contributed by atoms with E-state index in [2.05, 4.69) is 0 Å². The van der Waals surface area contributed by atoms with E-state index in [1.807, 2.05) is 39.0 Å². The Morgan fingerprint density at radius 3 is 1.83 bits per heavy atom. The Labute approximate surface area is 172 Å². The lowest BCUT2D eigenvalue weighted by molar-refractivity contribution is -0.130. The highest BCUT2D eigenvalue weighted by Gasteiger charge is 2.27. The van der Waals surface area contributed by atoms with Crippen molar-refractivity contribution in [2.24, 2.45) is 5.41 Å². The van der Waals surface area contributed by atoms with E-state index in [0.717, 1.165) is 5.56 Å². The summed E-state index contributed by atoms with van der Waals surface area (Å²) in [6.07, 6.45) is 1.55. The Kier molecular flexibility index (Phi) is 10.9. The molecule has 0 saturated heterocycles. The van der Waals surface area contributed by atoms with Gasteiger partial charge >= 0.3 is 0 Å². The van der Waals surface area contributed by atoms with Crippen molar-refractivity contribution in [2.45, 2.75) is 52.4 Å². The van der Waals surface area contributed by atoms with E-state index in [4.69, 9.17) is 24.8 Å². The van der Waals surface area contributed by atoms with E-state index >= 15 is 0 Å². The molecule has 1 saturated carbocycles. The Morgan fingerprint density at radius 1 is 0.897 bits per heavy atom. The molecule has 1 aromatic carbocycles. The maximum absolute atomic E-state index is 11.6. The molecule has 7 nitrogen and oxygen atoms in total. The van der Waals surface area contributed by atoms with Crippen molar-refractivity contribution in [1.82, 2.24) is 0 Å². The van der Waals surface area contributed by atoms with Gasteiger partial charge in [-0.15, -0.1) is 0 Å². The van der Waals surface area contributed by atoms with Crippen LogP contribution in [0.2, 0.25) is 0 Å². The highest BCUT2D eigenvalue weighted by atomic mass is 16.5. The van der Waals surface area contributed by atoms with Crippen LogP contribution in [-0.2, 0) is 9.59 Å². The molecule has 0 atom stereocenters. The third-order valence-corrected chi connectivity index (χ3v) is 5.14. The molecule has 1 aromatic rings. The number of carbonyl (C=O) groups is 2. The molecule has 3 N–H and O–H groups in total. The highest BCUT2D eigenvalue weighted by molar-refractivity contribution is 6.02. The van der Waals surface area contributed by atoms with Crippen LogP contribution >= 0.6 is 0 Å². The van der Waals surface area contributed by atoms with Gasteiger partial charge in [-0.3, -0.25) is 9.59 Å². The Balaban J connectivity index is 0.000000396. The molecule has 164 valence electrons. The summed E-state index contributed by atoms with van der Waals surface area (Å²) in [4.78, 5) is 23.1. The number of hydrogen-bond acceptors (Lipinski definition) is 7. The zero-order chi connectivity index (χ0) is 21.9. The summed E-state index contributed by atoms with van der Waals surface area (Å²) in [6, 6.07) is 5.67. The van der Waals surface area contributed by atoms with E-state index in [9.17, 15) is 9.59 Å². The summed E-state index contributed by atoms with van der Waals surface area (Å²) in [7, 11) is 0. The van der Waals surface area contributed by atoms with Gasteiger partial charge in [0.2, 0.25) is 0 Å². The van der Waals surface area contributed by atoms with Gasteiger partial charge in [0, 0.05) is 18.3 Å². The minimum Gasteiger partial charge on any atom is -0.490 e. The van der Waals surface area contributed by atoms with Crippen LogP contribution in [-0.4, -0.2) is 59.9 Å². The molecule has 0 amide bonds. The van der Waals surface area contributed by atoms with Gasteiger partial charge in [0.05, 0.1) is 39.5 Å². The minimum atomic E-state index is -0.667. The molecule has 0 heterocycles. The topological polar surface area (TPSA) is 113 Å². The van der Waals surface area contributed by atoms with Gasteiger partial charge in [-0.1, -0.05) is 13.0 Å². The van der Waals surface area contributed by atoms with E-state index < -0.39 is 5.41 Å². The second-order valence-electron chi connectivity index (χ2n) is 7.26. The van der Waals surface area contributed by atoms with Crippen LogP contribution < -0.4 is 9.47 Å². The van der Waals surface area contributed by atoms with E-state index in [1.165, 1.54) is 0 Å². The molecule has 7 heteroatoms. The lowest BCUT2D eigenvalue weighted by atomic mass is 9.82. The first-order valence-corrected chi connectivity index (χ1v) is 10.1. The van der Waals surface area contributed by atoms with Crippen LogP contribution in [0.5, 0.6) is 11.5 Å². The zero-order valence-electron chi connectivity index (χ0n) is 17.6. The predicted octanol–water partition coefficient (Wildman–Crippen LogP) is 2.25. The lowest BCUT2D eigenvalue weighted by Gasteiger charge is -2.24. The molecule has 0 radical (unpaired) electrons. The number of rotatable bonds is 9. The van der Waals surface area contributed by atoms with Gasteiger partial charge in [-0.05, 0) is 43.9 Å². The molecule has 0 bridgehead atoms. The van der Waals surface area contributed by atoms with E-state index in [0.29, 0.717) is 44.0 Å². The van der Waals surface area contributed by atoms with Gasteiger partial charge in [0.25, 0.3) is 0 Å². The van der Waals surface area contributed by atoms with Crippen molar-refractivity contribution in [3.8, 4) is 11.5 Å². The monoisotopic (exact) mass is 410 g/mol.